The fourth-order valence-electron chi connectivity index (χ4n) is 1.48. The van der Waals surface area contributed by atoms with Gasteiger partial charge in [-0.3, -0.25) is 4.90 Å². The van der Waals surface area contributed by atoms with Crippen LogP contribution in [0, 0.1) is 0 Å². The fraction of sp³-hybridized carbons (Fsp3) is 1.00. The predicted octanol–water partition coefficient (Wildman–Crippen LogP) is 1.71. The molecule has 72 valence electrons. The summed E-state index contributed by atoms with van der Waals surface area (Å²) in [5, 5.41) is 0. The van der Waals surface area contributed by atoms with Crippen LogP contribution >= 0.6 is 0 Å². The molecule has 0 aromatic rings. The lowest BCUT2D eigenvalue weighted by Crippen LogP contribution is -2.30. The Bertz CT molecular complexity index is 141. The zero-order valence-electron chi connectivity index (χ0n) is 7.46. The first-order chi connectivity index (χ1) is 5.59. The quantitative estimate of drug-likeness (QED) is 0.654. The monoisotopic (exact) mass is 179 g/mol. The predicted molar refractivity (Wildman–Crippen MR) is 42.2 cm³/mol. The first kappa shape index (κ1) is 9.86. The molecule has 1 aliphatic rings. The van der Waals surface area contributed by atoms with Gasteiger partial charge in [-0.25, -0.2) is 0 Å². The Kier molecular flexibility index (Phi) is 3.40. The van der Waals surface area contributed by atoms with Gasteiger partial charge in [-0.15, -0.1) is 0 Å². The molecule has 0 saturated carbocycles. The van der Waals surface area contributed by atoms with Gasteiger partial charge in [0.15, 0.2) is 0 Å². The molecule has 1 rings (SSSR count). The summed E-state index contributed by atoms with van der Waals surface area (Å²) in [6, 6.07) is 0.427. The summed E-state index contributed by atoms with van der Waals surface area (Å²) in [5.74, 6) is 0. The molecule has 0 aromatic heterocycles. The Morgan fingerprint density at radius 2 is 2.08 bits per heavy atom. The molecule has 0 N–H and O–H groups in total. The number of rotatable bonds is 3. The van der Waals surface area contributed by atoms with Crippen LogP contribution in [0.5, 0.6) is 0 Å². The summed E-state index contributed by atoms with van der Waals surface area (Å²) >= 11 is 0. The number of alkyl halides is 2. The van der Waals surface area contributed by atoms with Crippen molar-refractivity contribution in [1.29, 1.82) is 0 Å². The first-order valence-corrected chi connectivity index (χ1v) is 4.27. The van der Waals surface area contributed by atoms with Gasteiger partial charge in [0.05, 0.1) is 6.10 Å². The Hall–Kier alpha value is -0.220. The van der Waals surface area contributed by atoms with Crippen LogP contribution in [0.15, 0.2) is 0 Å². The van der Waals surface area contributed by atoms with Gasteiger partial charge in [0.1, 0.15) is 0 Å². The number of hydrogen-bond donors (Lipinski definition) is 0. The highest BCUT2D eigenvalue weighted by atomic mass is 19.3. The minimum atomic E-state index is -2.62. The minimum absolute atomic E-state index is 0.271. The van der Waals surface area contributed by atoms with Crippen LogP contribution in [0.4, 0.5) is 8.78 Å². The molecular formula is C8H15F2NO. The SMILES string of the molecule is CC(C)N1CCC(OC(F)F)C1. The summed E-state index contributed by atoms with van der Waals surface area (Å²) in [6.07, 6.45) is 0.454. The molecule has 0 bridgehead atoms. The largest absolute Gasteiger partial charge is 0.345 e. The molecule has 1 fully saturated rings. The third-order valence-corrected chi connectivity index (χ3v) is 2.20. The Morgan fingerprint density at radius 3 is 2.50 bits per heavy atom. The highest BCUT2D eigenvalue weighted by Gasteiger charge is 2.26. The summed E-state index contributed by atoms with van der Waals surface area (Å²) in [5.41, 5.74) is 0. The van der Waals surface area contributed by atoms with Crippen LogP contribution in [0.3, 0.4) is 0 Å². The number of hydrogen-bond acceptors (Lipinski definition) is 2. The Morgan fingerprint density at radius 1 is 1.42 bits per heavy atom. The molecule has 0 aromatic carbocycles. The van der Waals surface area contributed by atoms with E-state index in [4.69, 9.17) is 0 Å². The van der Waals surface area contributed by atoms with E-state index in [1.54, 1.807) is 0 Å². The maximum absolute atomic E-state index is 11.8. The minimum Gasteiger partial charge on any atom is -0.318 e. The van der Waals surface area contributed by atoms with E-state index >= 15 is 0 Å². The topological polar surface area (TPSA) is 12.5 Å². The Labute approximate surface area is 71.5 Å². The molecule has 0 radical (unpaired) electrons. The van der Waals surface area contributed by atoms with Crippen LogP contribution in [-0.2, 0) is 4.74 Å². The lowest BCUT2D eigenvalue weighted by Gasteiger charge is -2.19. The van der Waals surface area contributed by atoms with Gasteiger partial charge in [0.25, 0.3) is 0 Å². The summed E-state index contributed by atoms with van der Waals surface area (Å²) in [7, 11) is 0. The van der Waals surface area contributed by atoms with Crippen molar-refractivity contribution in [3.63, 3.8) is 0 Å². The van der Waals surface area contributed by atoms with Crippen molar-refractivity contribution in [3.05, 3.63) is 0 Å². The van der Waals surface area contributed by atoms with E-state index in [-0.39, 0.29) is 6.10 Å². The van der Waals surface area contributed by atoms with E-state index in [2.05, 4.69) is 23.5 Å². The van der Waals surface area contributed by atoms with Crippen molar-refractivity contribution in [1.82, 2.24) is 4.90 Å². The molecule has 1 heterocycles. The maximum Gasteiger partial charge on any atom is 0.345 e. The third kappa shape index (κ3) is 2.68. The number of likely N-dealkylation sites (tertiary alicyclic amines) is 1. The van der Waals surface area contributed by atoms with Crippen molar-refractivity contribution in [2.24, 2.45) is 0 Å². The summed E-state index contributed by atoms with van der Waals surface area (Å²) in [4.78, 5) is 2.15. The number of ether oxygens (including phenoxy) is 1. The molecule has 0 spiro atoms. The molecule has 2 nitrogen and oxygen atoms in total. The zero-order valence-corrected chi connectivity index (χ0v) is 7.46. The summed E-state index contributed by atoms with van der Waals surface area (Å²) in [6.45, 7) is 3.01. The van der Waals surface area contributed by atoms with Crippen molar-refractivity contribution >= 4 is 0 Å². The molecule has 1 aliphatic heterocycles. The van der Waals surface area contributed by atoms with Gasteiger partial charge < -0.3 is 4.74 Å². The molecular weight excluding hydrogens is 164 g/mol. The van der Waals surface area contributed by atoms with E-state index < -0.39 is 6.61 Å². The van der Waals surface area contributed by atoms with Gasteiger partial charge in [0, 0.05) is 19.1 Å². The smallest absolute Gasteiger partial charge is 0.318 e. The molecule has 0 amide bonds. The normalized spacial score (nSPS) is 26.0. The zero-order chi connectivity index (χ0) is 9.14. The number of halogens is 2. The first-order valence-electron chi connectivity index (χ1n) is 4.27. The second-order valence-corrected chi connectivity index (χ2v) is 3.40. The van der Waals surface area contributed by atoms with Crippen molar-refractivity contribution < 1.29 is 13.5 Å². The number of nitrogens with zero attached hydrogens (tertiary/aromatic N) is 1. The maximum atomic E-state index is 11.8. The lowest BCUT2D eigenvalue weighted by atomic mass is 10.3. The average Bonchev–Trinajstić information content (AvgIpc) is 2.34. The van der Waals surface area contributed by atoms with E-state index in [1.807, 2.05) is 0 Å². The van der Waals surface area contributed by atoms with Crippen LogP contribution in [0.1, 0.15) is 20.3 Å². The van der Waals surface area contributed by atoms with E-state index in [1.165, 1.54) is 0 Å². The van der Waals surface area contributed by atoms with Crippen molar-refractivity contribution in [2.45, 2.75) is 39.0 Å². The standard InChI is InChI=1S/C8H15F2NO/c1-6(2)11-4-3-7(5-11)12-8(9)10/h6-8H,3-5H2,1-2H3. The van der Waals surface area contributed by atoms with Gasteiger partial charge in [-0.1, -0.05) is 0 Å². The fourth-order valence-corrected chi connectivity index (χ4v) is 1.48. The van der Waals surface area contributed by atoms with Crippen LogP contribution < -0.4 is 0 Å². The van der Waals surface area contributed by atoms with Crippen molar-refractivity contribution in [2.75, 3.05) is 13.1 Å². The molecule has 4 heteroatoms. The Balaban J connectivity index is 2.26. The van der Waals surface area contributed by atoms with Gasteiger partial charge in [-0.2, -0.15) is 8.78 Å². The second-order valence-electron chi connectivity index (χ2n) is 3.40. The van der Waals surface area contributed by atoms with Gasteiger partial charge in [0.2, 0.25) is 0 Å². The molecule has 1 atom stereocenters. The third-order valence-electron chi connectivity index (χ3n) is 2.20. The molecule has 12 heavy (non-hydrogen) atoms. The van der Waals surface area contributed by atoms with E-state index in [0.717, 1.165) is 13.0 Å². The summed E-state index contributed by atoms with van der Waals surface area (Å²) < 4.78 is 28.0. The molecule has 0 aliphatic carbocycles. The van der Waals surface area contributed by atoms with Gasteiger partial charge in [-0.05, 0) is 20.3 Å². The van der Waals surface area contributed by atoms with Crippen LogP contribution in [0.25, 0.3) is 0 Å². The van der Waals surface area contributed by atoms with Crippen LogP contribution in [0.2, 0.25) is 0 Å². The van der Waals surface area contributed by atoms with Crippen LogP contribution in [-0.4, -0.2) is 36.7 Å². The second kappa shape index (κ2) is 4.14. The van der Waals surface area contributed by atoms with E-state index in [9.17, 15) is 8.78 Å². The highest BCUT2D eigenvalue weighted by molar-refractivity contribution is 4.77. The lowest BCUT2D eigenvalue weighted by molar-refractivity contribution is -0.158. The van der Waals surface area contributed by atoms with Crippen molar-refractivity contribution in [3.8, 4) is 0 Å². The van der Waals surface area contributed by atoms with Gasteiger partial charge >= 0.3 is 6.61 Å². The van der Waals surface area contributed by atoms with E-state index in [0.29, 0.717) is 12.6 Å². The molecule has 1 unspecified atom stereocenters. The molecule has 1 saturated heterocycles. The average molecular weight is 179 g/mol. The highest BCUT2D eigenvalue weighted by Crippen LogP contribution is 2.17.